The van der Waals surface area contributed by atoms with E-state index in [0.29, 0.717) is 19.4 Å². The van der Waals surface area contributed by atoms with Crippen LogP contribution in [0.4, 0.5) is 0 Å². The minimum Gasteiger partial charge on any atom is -0.466 e. The zero-order valence-electron chi connectivity index (χ0n) is 49.8. The molecule has 0 spiro atoms. The molecule has 0 aliphatic carbocycles. The van der Waals surface area contributed by atoms with Gasteiger partial charge in [-0.3, -0.25) is 9.59 Å². The highest BCUT2D eigenvalue weighted by molar-refractivity contribution is 5.76. The molecule has 436 valence electrons. The van der Waals surface area contributed by atoms with E-state index in [1.807, 2.05) is 6.08 Å². The lowest BCUT2D eigenvalue weighted by Gasteiger charge is -2.20. The van der Waals surface area contributed by atoms with Crippen LogP contribution in [0.25, 0.3) is 0 Å². The SMILES string of the molecule is CCCCCCCCCCCCCCCCCCCCC/C=C/C(O)C(CO)NC(=O)CCCCCCCCCCCC/C=C\C=C/CCCCCOC(=O)CCCCCCCCCCCCCCCCCCC. The highest BCUT2D eigenvalue weighted by atomic mass is 16.5. The predicted octanol–water partition coefficient (Wildman–Crippen LogP) is 21.1. The van der Waals surface area contributed by atoms with Gasteiger partial charge in [0, 0.05) is 12.8 Å². The number of unbranched alkanes of at least 4 members (excludes halogenated alkanes) is 48. The van der Waals surface area contributed by atoms with E-state index in [4.69, 9.17) is 4.74 Å². The van der Waals surface area contributed by atoms with Crippen LogP contribution in [0.15, 0.2) is 36.5 Å². The number of nitrogens with one attached hydrogen (secondary N) is 1. The molecule has 0 saturated carbocycles. The van der Waals surface area contributed by atoms with E-state index < -0.39 is 12.1 Å². The fourth-order valence-corrected chi connectivity index (χ4v) is 10.3. The molecule has 2 atom stereocenters. The molecule has 0 saturated heterocycles. The van der Waals surface area contributed by atoms with Crippen LogP contribution in [0.5, 0.6) is 0 Å². The van der Waals surface area contributed by atoms with E-state index in [1.54, 1.807) is 6.08 Å². The summed E-state index contributed by atoms with van der Waals surface area (Å²) in [7, 11) is 0. The quantitative estimate of drug-likeness (QED) is 0.0244. The van der Waals surface area contributed by atoms with Gasteiger partial charge in [0.15, 0.2) is 0 Å². The molecule has 0 heterocycles. The van der Waals surface area contributed by atoms with E-state index in [0.717, 1.165) is 77.0 Å². The number of rotatable bonds is 62. The zero-order valence-corrected chi connectivity index (χ0v) is 49.8. The molecule has 6 heteroatoms. The zero-order chi connectivity index (χ0) is 53.6. The Kier molecular flexibility index (Phi) is 62.0. The molecule has 0 bridgehead atoms. The summed E-state index contributed by atoms with van der Waals surface area (Å²) in [5, 5.41) is 23.2. The third-order valence-electron chi connectivity index (χ3n) is 15.4. The second kappa shape index (κ2) is 63.6. The van der Waals surface area contributed by atoms with Gasteiger partial charge in [-0.25, -0.2) is 0 Å². The Bertz CT molecular complexity index is 1200. The molecule has 0 aromatic carbocycles. The van der Waals surface area contributed by atoms with Crippen LogP contribution in [-0.4, -0.2) is 47.4 Å². The average Bonchev–Trinajstić information content (AvgIpc) is 3.40. The molecule has 0 rings (SSSR count). The molecule has 0 aromatic heterocycles. The number of ether oxygens (including phenoxy) is 1. The van der Waals surface area contributed by atoms with Gasteiger partial charge < -0.3 is 20.3 Å². The summed E-state index contributed by atoms with van der Waals surface area (Å²) in [6, 6.07) is -0.637. The Hall–Kier alpha value is -1.92. The first kappa shape index (κ1) is 72.1. The van der Waals surface area contributed by atoms with E-state index in [-0.39, 0.29) is 18.5 Å². The third-order valence-corrected chi connectivity index (χ3v) is 15.4. The van der Waals surface area contributed by atoms with Gasteiger partial charge in [-0.15, -0.1) is 0 Å². The summed E-state index contributed by atoms with van der Waals surface area (Å²) in [5.74, 6) is -0.0845. The summed E-state index contributed by atoms with van der Waals surface area (Å²) in [6.07, 6.45) is 80.6. The first-order chi connectivity index (χ1) is 36.5. The number of carbonyl (C=O) groups is 2. The number of hydrogen-bond donors (Lipinski definition) is 3. The molecule has 2 unspecified atom stereocenters. The minimum absolute atomic E-state index is 0.00969. The van der Waals surface area contributed by atoms with Gasteiger partial charge in [0.2, 0.25) is 5.91 Å². The maximum atomic E-state index is 12.5. The van der Waals surface area contributed by atoms with Crippen LogP contribution in [-0.2, 0) is 14.3 Å². The van der Waals surface area contributed by atoms with Gasteiger partial charge >= 0.3 is 5.97 Å². The van der Waals surface area contributed by atoms with Crippen molar-refractivity contribution < 1.29 is 24.5 Å². The highest BCUT2D eigenvalue weighted by Gasteiger charge is 2.18. The lowest BCUT2D eigenvalue weighted by molar-refractivity contribution is -0.143. The first-order valence-corrected chi connectivity index (χ1v) is 33.3. The maximum absolute atomic E-state index is 12.5. The summed E-state index contributed by atoms with van der Waals surface area (Å²) in [5.41, 5.74) is 0. The van der Waals surface area contributed by atoms with Gasteiger partial charge in [-0.1, -0.05) is 320 Å². The van der Waals surface area contributed by atoms with Gasteiger partial charge in [0.25, 0.3) is 0 Å². The van der Waals surface area contributed by atoms with E-state index >= 15 is 0 Å². The molecule has 0 aliphatic rings. The second-order valence-corrected chi connectivity index (χ2v) is 22.8. The Morgan fingerprint density at radius 3 is 1.00 bits per heavy atom. The van der Waals surface area contributed by atoms with E-state index in [2.05, 4.69) is 43.5 Å². The Balaban J connectivity index is 3.48. The normalized spacial score (nSPS) is 12.8. The van der Waals surface area contributed by atoms with Crippen molar-refractivity contribution in [3.8, 4) is 0 Å². The second-order valence-electron chi connectivity index (χ2n) is 22.8. The van der Waals surface area contributed by atoms with Gasteiger partial charge in [0.1, 0.15) is 0 Å². The largest absolute Gasteiger partial charge is 0.466 e. The van der Waals surface area contributed by atoms with Crippen molar-refractivity contribution >= 4 is 11.9 Å². The minimum atomic E-state index is -0.853. The molecule has 74 heavy (non-hydrogen) atoms. The maximum Gasteiger partial charge on any atom is 0.305 e. The number of esters is 1. The van der Waals surface area contributed by atoms with Crippen LogP contribution in [0, 0.1) is 0 Å². The molecule has 0 fully saturated rings. The van der Waals surface area contributed by atoms with E-state index in [1.165, 1.54) is 257 Å². The van der Waals surface area contributed by atoms with Gasteiger partial charge in [-0.2, -0.15) is 0 Å². The number of aliphatic hydroxyl groups excluding tert-OH is 2. The molecule has 1 amide bonds. The standard InChI is InChI=1S/C68H129NO5/c1-3-5-7-9-11-13-15-17-19-21-22-23-25-29-32-36-40-44-48-52-56-60-66(71)65(64-70)69-67(72)61-57-53-49-45-41-37-33-30-26-24-27-31-35-39-43-47-51-55-59-63-74-68(73)62-58-54-50-46-42-38-34-28-20-18-16-14-12-10-8-6-4-2/h31,35,39,43,56,60,65-66,70-71H,3-30,32-34,36-38,40-42,44-55,57-59,61-64H2,1-2H3,(H,69,72)/b35-31-,43-39-,60-56+. The number of allylic oxidation sites excluding steroid dienone is 5. The lowest BCUT2D eigenvalue weighted by atomic mass is 10.0. The summed E-state index contributed by atoms with van der Waals surface area (Å²) in [4.78, 5) is 24.6. The smallest absolute Gasteiger partial charge is 0.305 e. The van der Waals surface area contributed by atoms with E-state index in [9.17, 15) is 19.8 Å². The molecule has 0 radical (unpaired) electrons. The first-order valence-electron chi connectivity index (χ1n) is 33.3. The Labute approximate surface area is 462 Å². The van der Waals surface area contributed by atoms with Crippen LogP contribution >= 0.6 is 0 Å². The van der Waals surface area contributed by atoms with Crippen LogP contribution in [0.1, 0.15) is 361 Å². The van der Waals surface area contributed by atoms with Crippen LogP contribution in [0.3, 0.4) is 0 Å². The molecular weight excluding hydrogens is 911 g/mol. The number of hydrogen-bond acceptors (Lipinski definition) is 5. The molecule has 6 nitrogen and oxygen atoms in total. The summed E-state index contributed by atoms with van der Waals surface area (Å²) >= 11 is 0. The summed E-state index contributed by atoms with van der Waals surface area (Å²) in [6.45, 7) is 4.90. The van der Waals surface area contributed by atoms with Crippen molar-refractivity contribution in [3.63, 3.8) is 0 Å². The van der Waals surface area contributed by atoms with Crippen LogP contribution in [0.2, 0.25) is 0 Å². The lowest BCUT2D eigenvalue weighted by Crippen LogP contribution is -2.45. The van der Waals surface area contributed by atoms with Crippen molar-refractivity contribution in [2.45, 2.75) is 373 Å². The summed E-state index contributed by atoms with van der Waals surface area (Å²) < 4.78 is 5.47. The van der Waals surface area contributed by atoms with Crippen molar-refractivity contribution in [1.29, 1.82) is 0 Å². The third kappa shape index (κ3) is 59.3. The molecule has 0 aromatic rings. The number of aliphatic hydroxyl groups is 2. The molecular formula is C68H129NO5. The van der Waals surface area contributed by atoms with Crippen LogP contribution < -0.4 is 5.32 Å². The van der Waals surface area contributed by atoms with Crippen molar-refractivity contribution in [2.24, 2.45) is 0 Å². The topological polar surface area (TPSA) is 95.9 Å². The van der Waals surface area contributed by atoms with Gasteiger partial charge in [0.05, 0.1) is 25.4 Å². The fourth-order valence-electron chi connectivity index (χ4n) is 10.3. The molecule has 3 N–H and O–H groups in total. The molecule has 0 aliphatic heterocycles. The average molecular weight is 1040 g/mol. The number of carbonyl (C=O) groups excluding carboxylic acids is 2. The number of amides is 1. The van der Waals surface area contributed by atoms with Crippen molar-refractivity contribution in [3.05, 3.63) is 36.5 Å². The monoisotopic (exact) mass is 1040 g/mol. The van der Waals surface area contributed by atoms with Crippen molar-refractivity contribution in [2.75, 3.05) is 13.2 Å². The highest BCUT2D eigenvalue weighted by Crippen LogP contribution is 2.18. The van der Waals surface area contributed by atoms with Crippen molar-refractivity contribution in [1.82, 2.24) is 5.32 Å². The fraction of sp³-hybridized carbons (Fsp3) is 0.882. The Morgan fingerprint density at radius 1 is 0.378 bits per heavy atom. The van der Waals surface area contributed by atoms with Gasteiger partial charge in [-0.05, 0) is 64.2 Å². The Morgan fingerprint density at radius 2 is 0.662 bits per heavy atom. The predicted molar refractivity (Wildman–Crippen MR) is 324 cm³/mol.